The predicted molar refractivity (Wildman–Crippen MR) is 75.4 cm³/mol. The Bertz CT molecular complexity index is 555. The third-order valence-corrected chi connectivity index (χ3v) is 2.73. The molecule has 0 atom stereocenters. The number of aryl methyl sites for hydroxylation is 2. The summed E-state index contributed by atoms with van der Waals surface area (Å²) in [4.78, 5) is 8.64. The van der Waals surface area contributed by atoms with Crippen molar-refractivity contribution in [1.29, 1.82) is 0 Å². The first-order chi connectivity index (χ1) is 9.21. The van der Waals surface area contributed by atoms with Crippen molar-refractivity contribution in [3.05, 3.63) is 47.4 Å². The molecule has 0 aliphatic carbocycles. The van der Waals surface area contributed by atoms with Gasteiger partial charge < -0.3 is 10.1 Å². The standard InChI is InChI=1S/C15H19N3O/c1-4-13-9-15(18-11(2)17-13)19-14-7-5-6-12(8-14)10-16-3/h5-9,16H,4,10H2,1-3H3. The second-order valence-corrected chi connectivity index (χ2v) is 4.38. The summed E-state index contributed by atoms with van der Waals surface area (Å²) in [6, 6.07) is 9.88. The maximum absolute atomic E-state index is 5.81. The molecule has 1 aromatic heterocycles. The first-order valence-electron chi connectivity index (χ1n) is 6.47. The number of benzene rings is 1. The lowest BCUT2D eigenvalue weighted by atomic mass is 10.2. The Hall–Kier alpha value is -1.94. The van der Waals surface area contributed by atoms with Gasteiger partial charge in [-0.05, 0) is 38.1 Å². The van der Waals surface area contributed by atoms with E-state index in [1.165, 1.54) is 5.56 Å². The molecule has 4 nitrogen and oxygen atoms in total. The minimum Gasteiger partial charge on any atom is -0.439 e. The largest absolute Gasteiger partial charge is 0.439 e. The van der Waals surface area contributed by atoms with Crippen LogP contribution in [0.5, 0.6) is 11.6 Å². The average Bonchev–Trinajstić information content (AvgIpc) is 2.39. The van der Waals surface area contributed by atoms with Gasteiger partial charge >= 0.3 is 0 Å². The van der Waals surface area contributed by atoms with Gasteiger partial charge in [-0.3, -0.25) is 0 Å². The Labute approximate surface area is 113 Å². The minimum absolute atomic E-state index is 0.603. The van der Waals surface area contributed by atoms with Crippen LogP contribution in [0.4, 0.5) is 0 Å². The van der Waals surface area contributed by atoms with Gasteiger partial charge in [-0.2, -0.15) is 4.98 Å². The number of aromatic nitrogens is 2. The Kier molecular flexibility index (Phi) is 4.47. The van der Waals surface area contributed by atoms with Gasteiger partial charge in [-0.25, -0.2) is 4.98 Å². The molecule has 0 amide bonds. The molecule has 4 heteroatoms. The molecule has 1 heterocycles. The first kappa shape index (κ1) is 13.5. The van der Waals surface area contributed by atoms with Crippen molar-refractivity contribution in [2.75, 3.05) is 7.05 Å². The molecule has 0 spiro atoms. The van der Waals surface area contributed by atoms with E-state index in [4.69, 9.17) is 4.74 Å². The lowest BCUT2D eigenvalue weighted by molar-refractivity contribution is 0.457. The fourth-order valence-electron chi connectivity index (χ4n) is 1.88. The molecule has 0 aliphatic rings. The van der Waals surface area contributed by atoms with E-state index in [2.05, 4.69) is 28.3 Å². The molecule has 0 saturated heterocycles. The van der Waals surface area contributed by atoms with Crippen LogP contribution in [0.1, 0.15) is 24.0 Å². The van der Waals surface area contributed by atoms with Crippen LogP contribution in [-0.2, 0) is 13.0 Å². The average molecular weight is 257 g/mol. The van der Waals surface area contributed by atoms with E-state index in [9.17, 15) is 0 Å². The van der Waals surface area contributed by atoms with Crippen molar-refractivity contribution in [3.8, 4) is 11.6 Å². The molecular formula is C15H19N3O. The van der Waals surface area contributed by atoms with Gasteiger partial charge in [-0.1, -0.05) is 19.1 Å². The van der Waals surface area contributed by atoms with Crippen LogP contribution in [0, 0.1) is 6.92 Å². The summed E-state index contributed by atoms with van der Waals surface area (Å²) < 4.78 is 5.81. The van der Waals surface area contributed by atoms with Crippen molar-refractivity contribution < 1.29 is 4.74 Å². The van der Waals surface area contributed by atoms with Gasteiger partial charge in [0.1, 0.15) is 11.6 Å². The number of ether oxygens (including phenoxy) is 1. The summed E-state index contributed by atoms with van der Waals surface area (Å²) in [6.07, 6.45) is 0.875. The van der Waals surface area contributed by atoms with Gasteiger partial charge in [0.05, 0.1) is 0 Å². The maximum Gasteiger partial charge on any atom is 0.222 e. The van der Waals surface area contributed by atoms with Crippen molar-refractivity contribution in [1.82, 2.24) is 15.3 Å². The third kappa shape index (κ3) is 3.76. The van der Waals surface area contributed by atoms with Gasteiger partial charge in [0.15, 0.2) is 0 Å². The number of rotatable bonds is 5. The molecule has 100 valence electrons. The number of hydrogen-bond acceptors (Lipinski definition) is 4. The van der Waals surface area contributed by atoms with Crippen LogP contribution in [0.3, 0.4) is 0 Å². The highest BCUT2D eigenvalue weighted by Gasteiger charge is 2.04. The quantitative estimate of drug-likeness (QED) is 0.894. The summed E-state index contributed by atoms with van der Waals surface area (Å²) in [5, 5.41) is 3.12. The maximum atomic E-state index is 5.81. The summed E-state index contributed by atoms with van der Waals surface area (Å²) in [6.45, 7) is 4.77. The summed E-state index contributed by atoms with van der Waals surface area (Å²) in [7, 11) is 1.93. The molecule has 0 radical (unpaired) electrons. The number of nitrogens with one attached hydrogen (secondary N) is 1. The first-order valence-corrected chi connectivity index (χ1v) is 6.47. The van der Waals surface area contributed by atoms with E-state index in [0.29, 0.717) is 5.88 Å². The van der Waals surface area contributed by atoms with Gasteiger partial charge in [0, 0.05) is 18.3 Å². The van der Waals surface area contributed by atoms with Crippen LogP contribution in [-0.4, -0.2) is 17.0 Å². The zero-order valence-electron chi connectivity index (χ0n) is 11.6. The Morgan fingerprint density at radius 3 is 2.79 bits per heavy atom. The van der Waals surface area contributed by atoms with Gasteiger partial charge in [-0.15, -0.1) is 0 Å². The highest BCUT2D eigenvalue weighted by molar-refractivity contribution is 5.32. The predicted octanol–water partition coefficient (Wildman–Crippen LogP) is 2.86. The molecule has 0 aliphatic heterocycles. The molecule has 0 saturated carbocycles. The molecule has 0 unspecified atom stereocenters. The third-order valence-electron chi connectivity index (χ3n) is 2.73. The fourth-order valence-corrected chi connectivity index (χ4v) is 1.88. The van der Waals surface area contributed by atoms with E-state index in [-0.39, 0.29) is 0 Å². The summed E-state index contributed by atoms with van der Waals surface area (Å²) >= 11 is 0. The molecule has 19 heavy (non-hydrogen) atoms. The van der Waals surface area contributed by atoms with E-state index < -0.39 is 0 Å². The smallest absolute Gasteiger partial charge is 0.222 e. The molecular weight excluding hydrogens is 238 g/mol. The highest BCUT2D eigenvalue weighted by Crippen LogP contribution is 2.21. The molecule has 0 fully saturated rings. The highest BCUT2D eigenvalue weighted by atomic mass is 16.5. The normalized spacial score (nSPS) is 10.5. The monoisotopic (exact) mass is 257 g/mol. The molecule has 2 aromatic rings. The number of hydrogen-bond donors (Lipinski definition) is 1. The topological polar surface area (TPSA) is 47.0 Å². The zero-order chi connectivity index (χ0) is 13.7. The van der Waals surface area contributed by atoms with E-state index in [0.717, 1.165) is 30.2 Å². The summed E-state index contributed by atoms with van der Waals surface area (Å²) in [5.74, 6) is 2.14. The van der Waals surface area contributed by atoms with Crippen molar-refractivity contribution in [2.24, 2.45) is 0 Å². The molecule has 2 rings (SSSR count). The van der Waals surface area contributed by atoms with Gasteiger partial charge in [0.2, 0.25) is 5.88 Å². The minimum atomic E-state index is 0.603. The number of nitrogens with zero attached hydrogens (tertiary/aromatic N) is 2. The molecule has 1 N–H and O–H groups in total. The Balaban J connectivity index is 2.20. The van der Waals surface area contributed by atoms with E-state index >= 15 is 0 Å². The second kappa shape index (κ2) is 6.29. The summed E-state index contributed by atoms with van der Waals surface area (Å²) in [5.41, 5.74) is 2.18. The van der Waals surface area contributed by atoms with Crippen molar-refractivity contribution in [2.45, 2.75) is 26.8 Å². The Morgan fingerprint density at radius 2 is 2.05 bits per heavy atom. The van der Waals surface area contributed by atoms with Crippen molar-refractivity contribution >= 4 is 0 Å². The van der Waals surface area contributed by atoms with Crippen LogP contribution in [0.25, 0.3) is 0 Å². The van der Waals surface area contributed by atoms with Crippen LogP contribution < -0.4 is 10.1 Å². The van der Waals surface area contributed by atoms with Crippen LogP contribution >= 0.6 is 0 Å². The lowest BCUT2D eigenvalue weighted by Crippen LogP contribution is -2.04. The Morgan fingerprint density at radius 1 is 1.21 bits per heavy atom. The van der Waals surface area contributed by atoms with Crippen LogP contribution in [0.2, 0.25) is 0 Å². The lowest BCUT2D eigenvalue weighted by Gasteiger charge is -2.08. The van der Waals surface area contributed by atoms with E-state index in [1.54, 1.807) is 0 Å². The fraction of sp³-hybridized carbons (Fsp3) is 0.333. The molecule has 0 bridgehead atoms. The van der Waals surface area contributed by atoms with Crippen molar-refractivity contribution in [3.63, 3.8) is 0 Å². The van der Waals surface area contributed by atoms with Gasteiger partial charge in [0.25, 0.3) is 0 Å². The van der Waals surface area contributed by atoms with Crippen LogP contribution in [0.15, 0.2) is 30.3 Å². The van der Waals surface area contributed by atoms with E-state index in [1.807, 2.05) is 38.2 Å². The second-order valence-electron chi connectivity index (χ2n) is 4.38. The zero-order valence-corrected chi connectivity index (χ0v) is 11.6. The molecule has 1 aromatic carbocycles. The SMILES string of the molecule is CCc1cc(Oc2cccc(CNC)c2)nc(C)n1.